The average Bonchev–Trinajstić information content (AvgIpc) is 2.99. The van der Waals surface area contributed by atoms with Crippen molar-refractivity contribution in [1.82, 2.24) is 10.3 Å². The number of ether oxygens (including phenoxy) is 1. The molecule has 1 N–H and O–H groups in total. The van der Waals surface area contributed by atoms with E-state index in [1.54, 1.807) is 18.4 Å². The van der Waals surface area contributed by atoms with Crippen LogP contribution in [0.3, 0.4) is 0 Å². The van der Waals surface area contributed by atoms with Crippen LogP contribution in [0.1, 0.15) is 48.2 Å². The third kappa shape index (κ3) is 3.03. The monoisotopic (exact) mass is 240 g/mol. The molecule has 3 nitrogen and oxygen atoms in total. The third-order valence-electron chi connectivity index (χ3n) is 2.67. The normalized spacial score (nSPS) is 16.0. The highest BCUT2D eigenvalue weighted by atomic mass is 32.1. The molecule has 4 heteroatoms. The van der Waals surface area contributed by atoms with Gasteiger partial charge in [0.1, 0.15) is 5.01 Å². The molecule has 90 valence electrons. The number of hydrogen-bond acceptors (Lipinski definition) is 4. The topological polar surface area (TPSA) is 34.1 Å². The van der Waals surface area contributed by atoms with Crippen molar-refractivity contribution in [2.75, 3.05) is 7.11 Å². The van der Waals surface area contributed by atoms with Gasteiger partial charge in [-0.25, -0.2) is 4.98 Å². The minimum atomic E-state index is 0.528. The quantitative estimate of drug-likeness (QED) is 0.830. The lowest BCUT2D eigenvalue weighted by atomic mass is 10.2. The van der Waals surface area contributed by atoms with Crippen LogP contribution in [-0.2, 0) is 17.9 Å². The van der Waals surface area contributed by atoms with E-state index >= 15 is 0 Å². The van der Waals surface area contributed by atoms with E-state index in [2.05, 4.69) is 19.2 Å². The molecule has 1 heterocycles. The van der Waals surface area contributed by atoms with E-state index in [9.17, 15) is 0 Å². The highest BCUT2D eigenvalue weighted by molar-refractivity contribution is 7.11. The van der Waals surface area contributed by atoms with Gasteiger partial charge in [-0.1, -0.05) is 13.8 Å². The van der Waals surface area contributed by atoms with Crippen LogP contribution in [0.15, 0.2) is 0 Å². The lowest BCUT2D eigenvalue weighted by Gasteiger charge is -2.07. The summed E-state index contributed by atoms with van der Waals surface area (Å²) in [6.45, 7) is 5.94. The van der Waals surface area contributed by atoms with Crippen LogP contribution in [0, 0.1) is 0 Å². The molecule has 1 saturated carbocycles. The minimum absolute atomic E-state index is 0.528. The number of thiazole rings is 1. The number of methoxy groups -OCH3 is 1. The van der Waals surface area contributed by atoms with E-state index in [0.29, 0.717) is 12.6 Å². The molecule has 0 aromatic carbocycles. The largest absolute Gasteiger partial charge is 0.378 e. The van der Waals surface area contributed by atoms with Gasteiger partial charge in [-0.15, -0.1) is 11.3 Å². The number of nitrogens with one attached hydrogen (secondary N) is 1. The van der Waals surface area contributed by atoms with Gasteiger partial charge >= 0.3 is 0 Å². The van der Waals surface area contributed by atoms with Gasteiger partial charge in [0.25, 0.3) is 0 Å². The molecule has 0 atom stereocenters. The molecule has 1 aliphatic rings. The fraction of sp³-hybridized carbons (Fsp3) is 0.750. The second-order valence-electron chi connectivity index (χ2n) is 4.66. The molecule has 1 aromatic rings. The van der Waals surface area contributed by atoms with Crippen molar-refractivity contribution in [3.05, 3.63) is 15.6 Å². The van der Waals surface area contributed by atoms with Gasteiger partial charge in [-0.2, -0.15) is 0 Å². The zero-order valence-corrected chi connectivity index (χ0v) is 11.1. The second-order valence-corrected chi connectivity index (χ2v) is 5.83. The molecule has 16 heavy (non-hydrogen) atoms. The number of nitrogens with zero attached hydrogens (tertiary/aromatic N) is 1. The van der Waals surface area contributed by atoms with Crippen LogP contribution < -0.4 is 5.32 Å². The van der Waals surface area contributed by atoms with Crippen LogP contribution in [0.2, 0.25) is 0 Å². The van der Waals surface area contributed by atoms with Gasteiger partial charge in [0.2, 0.25) is 0 Å². The van der Waals surface area contributed by atoms with E-state index in [1.165, 1.54) is 23.4 Å². The van der Waals surface area contributed by atoms with Crippen LogP contribution in [0.5, 0.6) is 0 Å². The Morgan fingerprint density at radius 2 is 2.25 bits per heavy atom. The lowest BCUT2D eigenvalue weighted by Crippen LogP contribution is -2.21. The van der Waals surface area contributed by atoms with E-state index in [1.807, 2.05) is 0 Å². The standard InChI is InChI=1S/C12H20N2OS/c1-8(2)13-6-10-12(9-4-5-9)14-11(16-10)7-15-3/h8-9,13H,4-7H2,1-3H3. The van der Waals surface area contributed by atoms with Gasteiger partial charge in [0.05, 0.1) is 12.3 Å². The van der Waals surface area contributed by atoms with Crippen molar-refractivity contribution in [2.45, 2.75) is 51.8 Å². The molecule has 0 spiro atoms. The van der Waals surface area contributed by atoms with Crippen molar-refractivity contribution in [2.24, 2.45) is 0 Å². The molecule has 1 aliphatic carbocycles. The Hall–Kier alpha value is -0.450. The van der Waals surface area contributed by atoms with Gasteiger partial charge in [-0.05, 0) is 12.8 Å². The summed E-state index contributed by atoms with van der Waals surface area (Å²) in [6.07, 6.45) is 2.62. The Labute approximate surface area is 101 Å². The third-order valence-corrected chi connectivity index (χ3v) is 3.72. The maximum atomic E-state index is 5.15. The molecule has 0 radical (unpaired) electrons. The maximum Gasteiger partial charge on any atom is 0.119 e. The first kappa shape index (κ1) is 12.0. The average molecular weight is 240 g/mol. The fourth-order valence-corrected chi connectivity index (χ4v) is 2.78. The maximum absolute atomic E-state index is 5.15. The zero-order chi connectivity index (χ0) is 11.5. The van der Waals surface area contributed by atoms with Crippen molar-refractivity contribution < 1.29 is 4.74 Å². The lowest BCUT2D eigenvalue weighted by molar-refractivity contribution is 0.184. The van der Waals surface area contributed by atoms with Crippen LogP contribution in [0.25, 0.3) is 0 Å². The van der Waals surface area contributed by atoms with Gasteiger partial charge < -0.3 is 10.1 Å². The number of hydrogen-bond donors (Lipinski definition) is 1. The molecular formula is C12H20N2OS. The smallest absolute Gasteiger partial charge is 0.119 e. The Kier molecular flexibility index (Phi) is 3.95. The summed E-state index contributed by atoms with van der Waals surface area (Å²) >= 11 is 1.80. The van der Waals surface area contributed by atoms with Crippen LogP contribution >= 0.6 is 11.3 Å². The Morgan fingerprint density at radius 3 is 2.81 bits per heavy atom. The molecule has 1 aromatic heterocycles. The van der Waals surface area contributed by atoms with E-state index in [-0.39, 0.29) is 0 Å². The van der Waals surface area contributed by atoms with E-state index in [0.717, 1.165) is 17.5 Å². The van der Waals surface area contributed by atoms with Gasteiger partial charge in [0, 0.05) is 30.5 Å². The first-order valence-corrected chi connectivity index (χ1v) is 6.73. The fourth-order valence-electron chi connectivity index (χ4n) is 1.70. The molecule has 0 aliphatic heterocycles. The van der Waals surface area contributed by atoms with Gasteiger partial charge in [0.15, 0.2) is 0 Å². The molecule has 2 rings (SSSR count). The summed E-state index contributed by atoms with van der Waals surface area (Å²) in [4.78, 5) is 6.10. The summed E-state index contributed by atoms with van der Waals surface area (Å²) in [5.41, 5.74) is 1.32. The molecular weight excluding hydrogens is 220 g/mol. The molecule has 0 amide bonds. The Morgan fingerprint density at radius 1 is 1.50 bits per heavy atom. The predicted molar refractivity (Wildman–Crippen MR) is 66.8 cm³/mol. The highest BCUT2D eigenvalue weighted by Crippen LogP contribution is 2.42. The van der Waals surface area contributed by atoms with Crippen molar-refractivity contribution in [3.63, 3.8) is 0 Å². The highest BCUT2D eigenvalue weighted by Gasteiger charge is 2.29. The van der Waals surface area contributed by atoms with Crippen LogP contribution in [-0.4, -0.2) is 18.1 Å². The van der Waals surface area contributed by atoms with E-state index in [4.69, 9.17) is 9.72 Å². The van der Waals surface area contributed by atoms with Crippen molar-refractivity contribution in [3.8, 4) is 0 Å². The molecule has 1 fully saturated rings. The summed E-state index contributed by atoms with van der Waals surface area (Å²) < 4.78 is 5.15. The SMILES string of the molecule is COCc1nc(C2CC2)c(CNC(C)C)s1. The van der Waals surface area contributed by atoms with Crippen molar-refractivity contribution >= 4 is 11.3 Å². The second kappa shape index (κ2) is 5.25. The first-order valence-electron chi connectivity index (χ1n) is 5.91. The summed E-state index contributed by atoms with van der Waals surface area (Å²) in [7, 11) is 1.73. The minimum Gasteiger partial charge on any atom is -0.378 e. The summed E-state index contributed by atoms with van der Waals surface area (Å²) in [5.74, 6) is 0.728. The Balaban J connectivity index is 2.07. The number of aromatic nitrogens is 1. The summed E-state index contributed by atoms with van der Waals surface area (Å²) in [6, 6.07) is 0.528. The van der Waals surface area contributed by atoms with E-state index < -0.39 is 0 Å². The number of rotatable bonds is 6. The van der Waals surface area contributed by atoms with Gasteiger partial charge in [-0.3, -0.25) is 0 Å². The summed E-state index contributed by atoms with van der Waals surface area (Å²) in [5, 5.41) is 4.59. The Bertz CT molecular complexity index is 345. The molecule has 0 unspecified atom stereocenters. The molecule has 0 bridgehead atoms. The van der Waals surface area contributed by atoms with Crippen LogP contribution in [0.4, 0.5) is 0 Å². The first-order chi connectivity index (χ1) is 7.70. The molecule has 0 saturated heterocycles. The van der Waals surface area contributed by atoms with Crippen molar-refractivity contribution in [1.29, 1.82) is 0 Å². The zero-order valence-electron chi connectivity index (χ0n) is 10.2. The predicted octanol–water partition coefficient (Wildman–Crippen LogP) is 2.66.